The SMILES string of the molecule is C=Cc1cc(Nc2nc(-c3cccnc3)nc3ccc(OC)cc23)ccc1OC. The molecule has 0 bridgehead atoms. The molecule has 0 atom stereocenters. The van der Waals surface area contributed by atoms with Crippen LogP contribution in [0, 0.1) is 0 Å². The summed E-state index contributed by atoms with van der Waals surface area (Å²) < 4.78 is 10.8. The monoisotopic (exact) mass is 384 g/mol. The van der Waals surface area contributed by atoms with Crippen molar-refractivity contribution in [1.29, 1.82) is 0 Å². The Balaban J connectivity index is 1.85. The average Bonchev–Trinajstić information content (AvgIpc) is 2.79. The predicted molar refractivity (Wildman–Crippen MR) is 116 cm³/mol. The van der Waals surface area contributed by atoms with Crippen molar-refractivity contribution in [2.45, 2.75) is 0 Å². The summed E-state index contributed by atoms with van der Waals surface area (Å²) in [5.74, 6) is 2.76. The molecule has 29 heavy (non-hydrogen) atoms. The van der Waals surface area contributed by atoms with Crippen LogP contribution in [0.1, 0.15) is 5.56 Å². The van der Waals surface area contributed by atoms with E-state index in [4.69, 9.17) is 19.4 Å². The van der Waals surface area contributed by atoms with Crippen molar-refractivity contribution in [1.82, 2.24) is 15.0 Å². The fourth-order valence-corrected chi connectivity index (χ4v) is 3.06. The Morgan fingerprint density at radius 1 is 1.00 bits per heavy atom. The molecule has 0 saturated heterocycles. The number of fused-ring (bicyclic) bond motifs is 1. The Morgan fingerprint density at radius 2 is 1.90 bits per heavy atom. The molecule has 4 rings (SSSR count). The van der Waals surface area contributed by atoms with Crippen molar-refractivity contribution in [2.24, 2.45) is 0 Å². The second kappa shape index (κ2) is 7.98. The van der Waals surface area contributed by atoms with E-state index in [1.165, 1.54) is 0 Å². The molecule has 0 saturated carbocycles. The summed E-state index contributed by atoms with van der Waals surface area (Å²) >= 11 is 0. The zero-order valence-electron chi connectivity index (χ0n) is 16.2. The minimum atomic E-state index is 0.593. The van der Waals surface area contributed by atoms with Crippen LogP contribution < -0.4 is 14.8 Å². The molecule has 2 aromatic heterocycles. The minimum Gasteiger partial charge on any atom is -0.497 e. The Hall–Kier alpha value is -3.93. The van der Waals surface area contributed by atoms with Crippen LogP contribution in [0.5, 0.6) is 11.5 Å². The summed E-state index contributed by atoms with van der Waals surface area (Å²) in [6, 6.07) is 15.3. The number of nitrogens with one attached hydrogen (secondary N) is 1. The maximum Gasteiger partial charge on any atom is 0.163 e. The third-order valence-electron chi connectivity index (χ3n) is 4.53. The molecule has 0 radical (unpaired) electrons. The Bertz CT molecular complexity index is 1180. The van der Waals surface area contributed by atoms with Gasteiger partial charge in [-0.3, -0.25) is 4.98 Å². The molecule has 0 aliphatic heterocycles. The van der Waals surface area contributed by atoms with E-state index in [0.717, 1.165) is 39.2 Å². The minimum absolute atomic E-state index is 0.593. The molecule has 6 nitrogen and oxygen atoms in total. The highest BCUT2D eigenvalue weighted by Crippen LogP contribution is 2.31. The lowest BCUT2D eigenvalue weighted by Gasteiger charge is -2.13. The van der Waals surface area contributed by atoms with Gasteiger partial charge in [-0.2, -0.15) is 0 Å². The lowest BCUT2D eigenvalue weighted by Crippen LogP contribution is -2.00. The van der Waals surface area contributed by atoms with Gasteiger partial charge in [0.15, 0.2) is 5.82 Å². The highest BCUT2D eigenvalue weighted by atomic mass is 16.5. The Kier molecular flexibility index (Phi) is 5.07. The molecular weight excluding hydrogens is 364 g/mol. The molecule has 4 aromatic rings. The lowest BCUT2D eigenvalue weighted by atomic mass is 10.1. The van der Waals surface area contributed by atoms with Gasteiger partial charge in [-0.1, -0.05) is 12.7 Å². The van der Waals surface area contributed by atoms with Gasteiger partial charge in [-0.05, 0) is 48.5 Å². The van der Waals surface area contributed by atoms with E-state index < -0.39 is 0 Å². The van der Waals surface area contributed by atoms with Gasteiger partial charge in [0.25, 0.3) is 0 Å². The van der Waals surface area contributed by atoms with E-state index in [0.29, 0.717) is 11.6 Å². The van der Waals surface area contributed by atoms with Gasteiger partial charge >= 0.3 is 0 Å². The molecule has 2 heterocycles. The number of benzene rings is 2. The normalized spacial score (nSPS) is 10.6. The number of methoxy groups -OCH3 is 2. The molecule has 0 fully saturated rings. The van der Waals surface area contributed by atoms with Crippen LogP contribution in [-0.4, -0.2) is 29.2 Å². The zero-order valence-corrected chi connectivity index (χ0v) is 16.2. The van der Waals surface area contributed by atoms with Crippen molar-refractivity contribution >= 4 is 28.5 Å². The average molecular weight is 384 g/mol. The Labute approximate surface area is 168 Å². The quantitative estimate of drug-likeness (QED) is 0.499. The number of hydrogen-bond donors (Lipinski definition) is 1. The molecule has 0 unspecified atom stereocenters. The maximum atomic E-state index is 5.39. The van der Waals surface area contributed by atoms with E-state index >= 15 is 0 Å². The highest BCUT2D eigenvalue weighted by molar-refractivity contribution is 5.93. The van der Waals surface area contributed by atoms with Crippen LogP contribution in [0.4, 0.5) is 11.5 Å². The first kappa shape index (κ1) is 18.4. The molecular formula is C23H20N4O2. The second-order valence-electron chi connectivity index (χ2n) is 6.31. The fourth-order valence-electron chi connectivity index (χ4n) is 3.06. The van der Waals surface area contributed by atoms with E-state index in [-0.39, 0.29) is 0 Å². The fraction of sp³-hybridized carbons (Fsp3) is 0.0870. The summed E-state index contributed by atoms with van der Waals surface area (Å²) in [5, 5.41) is 4.26. The number of aromatic nitrogens is 3. The van der Waals surface area contributed by atoms with E-state index in [9.17, 15) is 0 Å². The molecule has 0 aliphatic carbocycles. The molecule has 0 amide bonds. The Morgan fingerprint density at radius 3 is 2.62 bits per heavy atom. The molecule has 6 heteroatoms. The smallest absolute Gasteiger partial charge is 0.163 e. The first-order valence-corrected chi connectivity index (χ1v) is 9.05. The van der Waals surface area contributed by atoms with Crippen molar-refractivity contribution in [3.05, 3.63) is 73.1 Å². The summed E-state index contributed by atoms with van der Waals surface area (Å²) in [7, 11) is 3.28. The summed E-state index contributed by atoms with van der Waals surface area (Å²) in [6.07, 6.45) is 5.23. The van der Waals surface area contributed by atoms with Gasteiger partial charge in [0.05, 0.1) is 19.7 Å². The summed E-state index contributed by atoms with van der Waals surface area (Å²) in [5.41, 5.74) is 3.40. The van der Waals surface area contributed by atoms with Crippen molar-refractivity contribution < 1.29 is 9.47 Å². The number of ether oxygens (including phenoxy) is 2. The van der Waals surface area contributed by atoms with Crippen LogP contribution in [0.2, 0.25) is 0 Å². The first-order chi connectivity index (χ1) is 14.2. The van der Waals surface area contributed by atoms with Crippen LogP contribution in [-0.2, 0) is 0 Å². The van der Waals surface area contributed by atoms with E-state index in [2.05, 4.69) is 16.9 Å². The van der Waals surface area contributed by atoms with Crippen LogP contribution in [0.15, 0.2) is 67.5 Å². The van der Waals surface area contributed by atoms with Gasteiger partial charge in [-0.15, -0.1) is 0 Å². The van der Waals surface area contributed by atoms with Gasteiger partial charge in [-0.25, -0.2) is 9.97 Å². The van der Waals surface area contributed by atoms with Crippen molar-refractivity contribution in [2.75, 3.05) is 19.5 Å². The zero-order chi connectivity index (χ0) is 20.2. The third-order valence-corrected chi connectivity index (χ3v) is 4.53. The lowest BCUT2D eigenvalue weighted by molar-refractivity contribution is 0.414. The van der Waals surface area contributed by atoms with Crippen molar-refractivity contribution in [3.63, 3.8) is 0 Å². The molecule has 2 aromatic carbocycles. The number of rotatable bonds is 6. The number of anilines is 2. The first-order valence-electron chi connectivity index (χ1n) is 9.05. The van der Waals surface area contributed by atoms with Crippen molar-refractivity contribution in [3.8, 4) is 22.9 Å². The van der Waals surface area contributed by atoms with Crippen LogP contribution >= 0.6 is 0 Å². The number of pyridine rings is 1. The second-order valence-corrected chi connectivity index (χ2v) is 6.31. The van der Waals surface area contributed by atoms with Gasteiger partial charge in [0.2, 0.25) is 0 Å². The number of nitrogens with zero attached hydrogens (tertiary/aromatic N) is 3. The van der Waals surface area contributed by atoms with Crippen LogP contribution in [0.25, 0.3) is 28.4 Å². The predicted octanol–water partition coefficient (Wildman–Crippen LogP) is 5.10. The third kappa shape index (κ3) is 3.73. The summed E-state index contributed by atoms with van der Waals surface area (Å²) in [6.45, 7) is 3.86. The van der Waals surface area contributed by atoms with Gasteiger partial charge < -0.3 is 14.8 Å². The summed E-state index contributed by atoms with van der Waals surface area (Å²) in [4.78, 5) is 13.6. The molecule has 0 spiro atoms. The van der Waals surface area contributed by atoms with E-state index in [1.807, 2.05) is 48.5 Å². The van der Waals surface area contributed by atoms with Crippen LogP contribution in [0.3, 0.4) is 0 Å². The number of hydrogen-bond acceptors (Lipinski definition) is 6. The maximum absolute atomic E-state index is 5.39. The van der Waals surface area contributed by atoms with E-state index in [1.54, 1.807) is 32.7 Å². The molecule has 144 valence electrons. The van der Waals surface area contributed by atoms with Gasteiger partial charge in [0, 0.05) is 34.6 Å². The standard InChI is InChI=1S/C23H20N4O2/c1-4-15-12-17(7-10-21(15)29-3)25-23-19-13-18(28-2)8-9-20(19)26-22(27-23)16-6-5-11-24-14-16/h4-14H,1H2,2-3H3,(H,25,26,27). The highest BCUT2D eigenvalue weighted by Gasteiger charge is 2.12. The topological polar surface area (TPSA) is 69.2 Å². The van der Waals surface area contributed by atoms with Gasteiger partial charge in [0.1, 0.15) is 17.3 Å². The molecule has 1 N–H and O–H groups in total. The molecule has 0 aliphatic rings. The largest absolute Gasteiger partial charge is 0.497 e.